The molecule has 0 radical (unpaired) electrons. The molecule has 0 aliphatic rings. The van der Waals surface area contributed by atoms with Crippen LogP contribution in [0.25, 0.3) is 11.0 Å². The quantitative estimate of drug-likeness (QED) is 0.672. The summed E-state index contributed by atoms with van der Waals surface area (Å²) in [6.07, 6.45) is 0.753. The Balaban J connectivity index is 1.55. The van der Waals surface area contributed by atoms with Crippen LogP contribution in [0.4, 0.5) is 10.5 Å². The van der Waals surface area contributed by atoms with Crippen molar-refractivity contribution in [1.29, 1.82) is 0 Å². The van der Waals surface area contributed by atoms with E-state index in [-0.39, 0.29) is 11.7 Å². The van der Waals surface area contributed by atoms with Gasteiger partial charge in [-0.05, 0) is 38.5 Å². The van der Waals surface area contributed by atoms with Gasteiger partial charge < -0.3 is 10.6 Å². The lowest BCUT2D eigenvalue weighted by molar-refractivity contribution is 0.251. The molecule has 0 saturated carbocycles. The highest BCUT2D eigenvalue weighted by Crippen LogP contribution is 2.17. The Morgan fingerprint density at radius 2 is 1.88 bits per heavy atom. The van der Waals surface area contributed by atoms with E-state index in [1.54, 1.807) is 35.4 Å². The third-order valence-electron chi connectivity index (χ3n) is 4.32. The summed E-state index contributed by atoms with van der Waals surface area (Å²) in [5, 5.41) is 9.90. The van der Waals surface area contributed by atoms with Crippen molar-refractivity contribution in [1.82, 2.24) is 29.2 Å². The number of anilines is 1. The van der Waals surface area contributed by atoms with Gasteiger partial charge in [-0.15, -0.1) is 0 Å². The topological polar surface area (TPSA) is 98.8 Å². The molecule has 0 unspecified atom stereocenters. The van der Waals surface area contributed by atoms with Crippen LogP contribution in [0.1, 0.15) is 18.1 Å². The molecule has 2 amide bonds. The van der Waals surface area contributed by atoms with Gasteiger partial charge in [-0.2, -0.15) is 5.10 Å². The number of rotatable bonds is 5. The van der Waals surface area contributed by atoms with Gasteiger partial charge in [0, 0.05) is 32.9 Å². The van der Waals surface area contributed by atoms with Crippen LogP contribution in [0.2, 0.25) is 0 Å². The summed E-state index contributed by atoms with van der Waals surface area (Å²) < 4.78 is 4.96. The number of carbonyl (C=O) groups excluding carboxylic acids is 1. The summed E-state index contributed by atoms with van der Waals surface area (Å²) >= 11 is 0. The highest BCUT2D eigenvalue weighted by molar-refractivity contribution is 5.92. The Morgan fingerprint density at radius 1 is 1.15 bits per heavy atom. The van der Waals surface area contributed by atoms with Crippen LogP contribution >= 0.6 is 0 Å². The number of fused-ring (bicyclic) bond motifs is 1. The second-order valence-corrected chi connectivity index (χ2v) is 6.27. The predicted octanol–water partition coefficient (Wildman–Crippen LogP) is 1.30. The molecule has 0 saturated heterocycles. The standard InChI is InChI=1S/C17H23N7O2/c1-11-19-12(2)24(21-11)9-5-8-18-16(25)20-13-6-7-14-15(10-13)23(4)17(26)22(14)3/h6-7,10H,5,8-9H2,1-4H3,(H2,18,20,25). The number of imidazole rings is 1. The minimum Gasteiger partial charge on any atom is -0.338 e. The molecule has 3 aromatic rings. The van der Waals surface area contributed by atoms with E-state index in [2.05, 4.69) is 20.7 Å². The van der Waals surface area contributed by atoms with Gasteiger partial charge in [-0.1, -0.05) is 0 Å². The number of nitrogens with one attached hydrogen (secondary N) is 2. The Hall–Kier alpha value is -3.10. The van der Waals surface area contributed by atoms with Crippen LogP contribution in [-0.4, -0.2) is 36.5 Å². The minimum atomic E-state index is -0.281. The van der Waals surface area contributed by atoms with Crippen LogP contribution < -0.4 is 16.3 Å². The summed E-state index contributed by atoms with van der Waals surface area (Å²) in [5.41, 5.74) is 2.13. The van der Waals surface area contributed by atoms with Gasteiger partial charge >= 0.3 is 11.7 Å². The molecule has 2 heterocycles. The zero-order valence-corrected chi connectivity index (χ0v) is 15.4. The van der Waals surface area contributed by atoms with Crippen molar-refractivity contribution in [3.05, 3.63) is 40.3 Å². The van der Waals surface area contributed by atoms with Gasteiger partial charge in [0.1, 0.15) is 11.6 Å². The zero-order chi connectivity index (χ0) is 18.8. The van der Waals surface area contributed by atoms with Crippen molar-refractivity contribution in [3.8, 4) is 0 Å². The molecule has 2 aromatic heterocycles. The first-order valence-corrected chi connectivity index (χ1v) is 8.45. The molecule has 9 nitrogen and oxygen atoms in total. The molecule has 9 heteroatoms. The van der Waals surface area contributed by atoms with E-state index in [9.17, 15) is 9.59 Å². The van der Waals surface area contributed by atoms with E-state index in [1.165, 1.54) is 0 Å². The number of hydrogen-bond donors (Lipinski definition) is 2. The third kappa shape index (κ3) is 3.46. The summed E-state index contributed by atoms with van der Waals surface area (Å²) in [6.45, 7) is 4.99. The third-order valence-corrected chi connectivity index (χ3v) is 4.32. The van der Waals surface area contributed by atoms with E-state index in [1.807, 2.05) is 24.6 Å². The van der Waals surface area contributed by atoms with Crippen molar-refractivity contribution in [2.75, 3.05) is 11.9 Å². The Kier molecular flexibility index (Phi) is 4.79. The molecule has 0 fully saturated rings. The van der Waals surface area contributed by atoms with Crippen LogP contribution in [0.5, 0.6) is 0 Å². The average Bonchev–Trinajstić information content (AvgIpc) is 3.03. The van der Waals surface area contributed by atoms with Crippen LogP contribution in [-0.2, 0) is 20.6 Å². The Morgan fingerprint density at radius 3 is 2.58 bits per heavy atom. The van der Waals surface area contributed by atoms with E-state index < -0.39 is 0 Å². The first-order valence-electron chi connectivity index (χ1n) is 8.45. The molecule has 0 bridgehead atoms. The first-order chi connectivity index (χ1) is 12.4. The van der Waals surface area contributed by atoms with E-state index in [0.29, 0.717) is 18.8 Å². The summed E-state index contributed by atoms with van der Waals surface area (Å²) in [6, 6.07) is 5.11. The fourth-order valence-corrected chi connectivity index (χ4v) is 2.96. The van der Waals surface area contributed by atoms with Crippen molar-refractivity contribution < 1.29 is 4.79 Å². The smallest absolute Gasteiger partial charge is 0.328 e. The van der Waals surface area contributed by atoms with Crippen molar-refractivity contribution in [3.63, 3.8) is 0 Å². The van der Waals surface area contributed by atoms with Crippen LogP contribution in [0.3, 0.4) is 0 Å². The van der Waals surface area contributed by atoms with Crippen LogP contribution in [0.15, 0.2) is 23.0 Å². The largest absolute Gasteiger partial charge is 0.338 e. The van der Waals surface area contributed by atoms with Gasteiger partial charge in [0.05, 0.1) is 11.0 Å². The van der Waals surface area contributed by atoms with Gasteiger partial charge in [0.2, 0.25) is 0 Å². The maximum atomic E-state index is 12.1. The number of amides is 2. The number of nitrogens with zero attached hydrogens (tertiary/aromatic N) is 5. The highest BCUT2D eigenvalue weighted by Gasteiger charge is 2.09. The molecular weight excluding hydrogens is 334 g/mol. The molecule has 0 atom stereocenters. The number of aryl methyl sites for hydroxylation is 5. The number of aromatic nitrogens is 5. The molecule has 0 aliphatic carbocycles. The van der Waals surface area contributed by atoms with Gasteiger partial charge in [-0.3, -0.25) is 13.8 Å². The highest BCUT2D eigenvalue weighted by atomic mass is 16.2. The summed E-state index contributed by atoms with van der Waals surface area (Å²) in [5.74, 6) is 1.62. The molecule has 0 aliphatic heterocycles. The molecule has 2 N–H and O–H groups in total. The zero-order valence-electron chi connectivity index (χ0n) is 15.4. The molecular formula is C17H23N7O2. The number of benzene rings is 1. The second kappa shape index (κ2) is 7.03. The van der Waals surface area contributed by atoms with Gasteiger partial charge in [0.15, 0.2) is 0 Å². The molecule has 26 heavy (non-hydrogen) atoms. The summed E-state index contributed by atoms with van der Waals surface area (Å²) in [7, 11) is 3.44. The number of carbonyl (C=O) groups is 1. The van der Waals surface area contributed by atoms with E-state index in [4.69, 9.17) is 0 Å². The SMILES string of the molecule is Cc1nc(C)n(CCCNC(=O)Nc2ccc3c(c2)n(C)c(=O)n3C)n1. The lowest BCUT2D eigenvalue weighted by atomic mass is 10.2. The normalized spacial score (nSPS) is 11.1. The minimum absolute atomic E-state index is 0.0970. The monoisotopic (exact) mass is 357 g/mol. The lowest BCUT2D eigenvalue weighted by Crippen LogP contribution is -2.30. The molecule has 3 rings (SSSR count). The number of hydrogen-bond acceptors (Lipinski definition) is 4. The maximum absolute atomic E-state index is 12.1. The Labute approximate surface area is 150 Å². The molecule has 1 aromatic carbocycles. The summed E-state index contributed by atoms with van der Waals surface area (Å²) in [4.78, 5) is 28.3. The second-order valence-electron chi connectivity index (χ2n) is 6.27. The fraction of sp³-hybridized carbons (Fsp3) is 0.412. The lowest BCUT2D eigenvalue weighted by Gasteiger charge is -2.08. The predicted molar refractivity (Wildman–Crippen MR) is 99.3 cm³/mol. The number of urea groups is 1. The van der Waals surface area contributed by atoms with Gasteiger partial charge in [0.25, 0.3) is 0 Å². The maximum Gasteiger partial charge on any atom is 0.328 e. The Bertz CT molecular complexity index is 1010. The van der Waals surface area contributed by atoms with Gasteiger partial charge in [-0.25, -0.2) is 14.6 Å². The molecule has 0 spiro atoms. The van der Waals surface area contributed by atoms with Crippen molar-refractivity contribution in [2.45, 2.75) is 26.8 Å². The molecule has 138 valence electrons. The van der Waals surface area contributed by atoms with E-state index >= 15 is 0 Å². The van der Waals surface area contributed by atoms with Crippen LogP contribution in [0, 0.1) is 13.8 Å². The van der Waals surface area contributed by atoms with Crippen molar-refractivity contribution >= 4 is 22.8 Å². The average molecular weight is 357 g/mol. The first kappa shape index (κ1) is 17.7. The van der Waals surface area contributed by atoms with Crippen molar-refractivity contribution in [2.24, 2.45) is 14.1 Å². The fourth-order valence-electron chi connectivity index (χ4n) is 2.96. The van der Waals surface area contributed by atoms with E-state index in [0.717, 1.165) is 29.1 Å².